The average molecular weight is 234 g/mol. The van der Waals surface area contributed by atoms with Gasteiger partial charge in [0.2, 0.25) is 0 Å². The van der Waals surface area contributed by atoms with Crippen molar-refractivity contribution in [3.8, 4) is 11.8 Å². The monoisotopic (exact) mass is 234 g/mol. The fourth-order valence-corrected chi connectivity index (χ4v) is 1.36. The van der Waals surface area contributed by atoms with Crippen LogP contribution in [0.25, 0.3) is 0 Å². The first kappa shape index (κ1) is 13.0. The molecule has 5 nitrogen and oxygen atoms in total. The Hall–Kier alpha value is -2.09. The largest absolute Gasteiger partial charge is 0.487 e. The first-order valence-electron chi connectivity index (χ1n) is 5.46. The lowest BCUT2D eigenvalue weighted by Gasteiger charge is -2.06. The zero-order valence-electron chi connectivity index (χ0n) is 9.68. The van der Waals surface area contributed by atoms with E-state index in [-0.39, 0.29) is 17.9 Å². The minimum absolute atomic E-state index is 0.0751. The molecule has 1 rings (SSSR count). The number of benzene rings is 1. The van der Waals surface area contributed by atoms with Crippen molar-refractivity contribution in [2.75, 3.05) is 6.61 Å². The van der Waals surface area contributed by atoms with Crippen LogP contribution in [0, 0.1) is 21.4 Å². The van der Waals surface area contributed by atoms with E-state index in [1.807, 2.05) is 13.0 Å². The van der Waals surface area contributed by atoms with Crippen molar-refractivity contribution < 1.29 is 9.66 Å². The van der Waals surface area contributed by atoms with Gasteiger partial charge in [0, 0.05) is 6.07 Å². The van der Waals surface area contributed by atoms with Crippen molar-refractivity contribution in [1.82, 2.24) is 0 Å². The number of hydrogen-bond acceptors (Lipinski definition) is 4. The molecule has 1 aromatic rings. The number of rotatable bonds is 6. The third kappa shape index (κ3) is 3.76. The molecule has 0 bridgehead atoms. The molecule has 0 spiro atoms. The number of nitriles is 1. The van der Waals surface area contributed by atoms with E-state index in [1.165, 1.54) is 6.07 Å². The standard InChI is InChI=1S/C12H14N2O3/c1-2-3-8-17-12-5-4-10(6-7-13)9-11(12)14(15)16/h4-5,9H,2-3,6,8H2,1H3. The van der Waals surface area contributed by atoms with Gasteiger partial charge in [-0.3, -0.25) is 10.1 Å². The first-order valence-corrected chi connectivity index (χ1v) is 5.46. The van der Waals surface area contributed by atoms with Crippen LogP contribution < -0.4 is 4.74 Å². The van der Waals surface area contributed by atoms with E-state index >= 15 is 0 Å². The predicted molar refractivity (Wildman–Crippen MR) is 62.8 cm³/mol. The first-order chi connectivity index (χ1) is 8.19. The molecule has 0 aliphatic carbocycles. The van der Waals surface area contributed by atoms with E-state index in [1.54, 1.807) is 12.1 Å². The Morgan fingerprint density at radius 1 is 1.53 bits per heavy atom. The molecule has 0 amide bonds. The number of nitro groups is 1. The van der Waals surface area contributed by atoms with Gasteiger partial charge in [-0.25, -0.2) is 0 Å². The fourth-order valence-electron chi connectivity index (χ4n) is 1.36. The molecule has 0 aliphatic heterocycles. The maximum atomic E-state index is 10.9. The van der Waals surface area contributed by atoms with Crippen molar-refractivity contribution in [2.45, 2.75) is 26.2 Å². The van der Waals surface area contributed by atoms with Crippen LogP contribution in [0.5, 0.6) is 5.75 Å². The third-order valence-electron chi connectivity index (χ3n) is 2.26. The molecule has 0 fully saturated rings. The summed E-state index contributed by atoms with van der Waals surface area (Å²) in [4.78, 5) is 10.4. The van der Waals surface area contributed by atoms with Crippen molar-refractivity contribution >= 4 is 5.69 Å². The number of hydrogen-bond donors (Lipinski definition) is 0. The lowest BCUT2D eigenvalue weighted by molar-refractivity contribution is -0.385. The summed E-state index contributed by atoms with van der Waals surface area (Å²) < 4.78 is 5.35. The molecule has 0 saturated carbocycles. The van der Waals surface area contributed by atoms with Gasteiger partial charge in [0.15, 0.2) is 5.75 Å². The number of ether oxygens (including phenoxy) is 1. The molecule has 0 radical (unpaired) electrons. The summed E-state index contributed by atoms with van der Waals surface area (Å²) in [6.45, 7) is 2.49. The molecule has 0 saturated heterocycles. The molecule has 0 heterocycles. The SMILES string of the molecule is CCCCOc1ccc(CC#N)cc1[N+](=O)[O-]. The van der Waals surface area contributed by atoms with Crippen LogP contribution in [0.15, 0.2) is 18.2 Å². The Bertz CT molecular complexity index is 438. The predicted octanol–water partition coefficient (Wildman–Crippen LogP) is 2.84. The van der Waals surface area contributed by atoms with Crippen molar-refractivity contribution in [1.29, 1.82) is 5.26 Å². The summed E-state index contributed by atoms with van der Waals surface area (Å²) in [5.41, 5.74) is 0.552. The summed E-state index contributed by atoms with van der Waals surface area (Å²) in [6, 6.07) is 6.59. The smallest absolute Gasteiger partial charge is 0.311 e. The summed E-state index contributed by atoms with van der Waals surface area (Å²) in [5.74, 6) is 0.269. The lowest BCUT2D eigenvalue weighted by Crippen LogP contribution is -2.01. The van der Waals surface area contributed by atoms with Gasteiger partial charge in [-0.15, -0.1) is 0 Å². The van der Waals surface area contributed by atoms with Crippen LogP contribution in [0.3, 0.4) is 0 Å². The van der Waals surface area contributed by atoms with Gasteiger partial charge in [-0.2, -0.15) is 5.26 Å². The van der Waals surface area contributed by atoms with E-state index in [4.69, 9.17) is 10.00 Å². The van der Waals surface area contributed by atoms with Gasteiger partial charge in [0.05, 0.1) is 24.0 Å². The molecule has 0 aromatic heterocycles. The average Bonchev–Trinajstić information content (AvgIpc) is 2.31. The molecule has 1 aromatic carbocycles. The molecule has 0 unspecified atom stereocenters. The minimum Gasteiger partial charge on any atom is -0.487 e. The van der Waals surface area contributed by atoms with E-state index in [0.29, 0.717) is 12.2 Å². The molecule has 5 heteroatoms. The number of unbranched alkanes of at least 4 members (excludes halogenated alkanes) is 1. The molecule has 90 valence electrons. The van der Waals surface area contributed by atoms with Crippen LogP contribution in [-0.2, 0) is 6.42 Å². The Balaban J connectivity index is 2.89. The second-order valence-corrected chi connectivity index (χ2v) is 3.60. The second kappa shape index (κ2) is 6.48. The van der Waals surface area contributed by atoms with E-state index < -0.39 is 4.92 Å². The molecule has 0 N–H and O–H groups in total. The molecule has 0 atom stereocenters. The Labute approximate surface area is 99.8 Å². The van der Waals surface area contributed by atoms with E-state index in [2.05, 4.69) is 0 Å². The van der Waals surface area contributed by atoms with Crippen LogP contribution in [0.4, 0.5) is 5.69 Å². The van der Waals surface area contributed by atoms with Crippen molar-refractivity contribution in [2.24, 2.45) is 0 Å². The maximum Gasteiger partial charge on any atom is 0.311 e. The van der Waals surface area contributed by atoms with Gasteiger partial charge in [0.25, 0.3) is 0 Å². The van der Waals surface area contributed by atoms with E-state index in [0.717, 1.165) is 12.8 Å². The summed E-state index contributed by atoms with van der Waals surface area (Å²) in [6.07, 6.45) is 1.99. The summed E-state index contributed by atoms with van der Waals surface area (Å²) >= 11 is 0. The van der Waals surface area contributed by atoms with Gasteiger partial charge in [-0.05, 0) is 18.1 Å². The highest BCUT2D eigenvalue weighted by atomic mass is 16.6. The highest BCUT2D eigenvalue weighted by Gasteiger charge is 2.15. The highest BCUT2D eigenvalue weighted by molar-refractivity contribution is 5.49. The van der Waals surface area contributed by atoms with Crippen molar-refractivity contribution in [3.05, 3.63) is 33.9 Å². The molecular formula is C12H14N2O3. The van der Waals surface area contributed by atoms with E-state index in [9.17, 15) is 10.1 Å². The van der Waals surface area contributed by atoms with Gasteiger partial charge < -0.3 is 4.74 Å². The van der Waals surface area contributed by atoms with Gasteiger partial charge >= 0.3 is 5.69 Å². The third-order valence-corrected chi connectivity index (χ3v) is 2.26. The molecular weight excluding hydrogens is 220 g/mol. The Kier molecular flexibility index (Phi) is 4.95. The van der Waals surface area contributed by atoms with Crippen LogP contribution >= 0.6 is 0 Å². The quantitative estimate of drug-likeness (QED) is 0.431. The zero-order valence-corrected chi connectivity index (χ0v) is 9.68. The lowest BCUT2D eigenvalue weighted by atomic mass is 10.1. The van der Waals surface area contributed by atoms with Crippen LogP contribution in [0.1, 0.15) is 25.3 Å². The van der Waals surface area contributed by atoms with Gasteiger partial charge in [0.1, 0.15) is 0 Å². The molecule has 17 heavy (non-hydrogen) atoms. The second-order valence-electron chi connectivity index (χ2n) is 3.60. The van der Waals surface area contributed by atoms with Crippen LogP contribution in [0.2, 0.25) is 0 Å². The normalized spacial score (nSPS) is 9.65. The summed E-state index contributed by atoms with van der Waals surface area (Å²) in [5, 5.41) is 19.4. The molecule has 0 aliphatic rings. The van der Waals surface area contributed by atoms with Crippen LogP contribution in [-0.4, -0.2) is 11.5 Å². The van der Waals surface area contributed by atoms with Crippen molar-refractivity contribution in [3.63, 3.8) is 0 Å². The maximum absolute atomic E-state index is 10.9. The number of nitrogens with zero attached hydrogens (tertiary/aromatic N) is 2. The Morgan fingerprint density at radius 2 is 2.29 bits per heavy atom. The zero-order chi connectivity index (χ0) is 12.7. The summed E-state index contributed by atoms with van der Waals surface area (Å²) in [7, 11) is 0. The minimum atomic E-state index is -0.484. The highest BCUT2D eigenvalue weighted by Crippen LogP contribution is 2.28. The number of nitro benzene ring substituents is 1. The van der Waals surface area contributed by atoms with Gasteiger partial charge in [-0.1, -0.05) is 19.4 Å². The Morgan fingerprint density at radius 3 is 2.88 bits per heavy atom. The topological polar surface area (TPSA) is 76.2 Å². The fraction of sp³-hybridized carbons (Fsp3) is 0.417.